The van der Waals surface area contributed by atoms with Crippen LogP contribution in [0.4, 0.5) is 0 Å². The SMILES string of the molecule is CC(=O)c1ncnc2c1ccn2S(=O)(=O)c1ccc(C)cc1. The number of aryl methyl sites for hydroxylation is 1. The van der Waals surface area contributed by atoms with Gasteiger partial charge in [-0.05, 0) is 25.1 Å². The quantitative estimate of drug-likeness (QED) is 0.692. The molecule has 3 aromatic rings. The third-order valence-corrected chi connectivity index (χ3v) is 5.04. The molecular weight excluding hydrogens is 302 g/mol. The number of Topliss-reactive ketones (excluding diaryl/α,β-unsaturated/α-hetero) is 1. The predicted molar refractivity (Wildman–Crippen MR) is 81.3 cm³/mol. The van der Waals surface area contributed by atoms with Crippen LogP contribution >= 0.6 is 0 Å². The average molecular weight is 315 g/mol. The third kappa shape index (κ3) is 2.19. The van der Waals surface area contributed by atoms with Gasteiger partial charge >= 0.3 is 0 Å². The van der Waals surface area contributed by atoms with Gasteiger partial charge in [-0.25, -0.2) is 22.4 Å². The molecule has 2 aromatic heterocycles. The van der Waals surface area contributed by atoms with E-state index in [9.17, 15) is 13.2 Å². The van der Waals surface area contributed by atoms with Gasteiger partial charge in [0.2, 0.25) is 0 Å². The lowest BCUT2D eigenvalue weighted by Crippen LogP contribution is -2.13. The van der Waals surface area contributed by atoms with Crippen LogP contribution in [0, 0.1) is 6.92 Å². The van der Waals surface area contributed by atoms with Crippen molar-refractivity contribution >= 4 is 26.8 Å². The van der Waals surface area contributed by atoms with Crippen LogP contribution in [0.15, 0.2) is 47.8 Å². The minimum absolute atomic E-state index is 0.165. The predicted octanol–water partition coefficient (Wildman–Crippen LogP) is 2.18. The van der Waals surface area contributed by atoms with Gasteiger partial charge < -0.3 is 0 Å². The Bertz CT molecular complexity index is 973. The van der Waals surface area contributed by atoms with Crippen molar-refractivity contribution in [3.05, 3.63) is 54.1 Å². The molecule has 0 saturated carbocycles. The Balaban J connectivity index is 2.24. The minimum atomic E-state index is -3.77. The summed E-state index contributed by atoms with van der Waals surface area (Å²) in [6, 6.07) is 8.09. The summed E-state index contributed by atoms with van der Waals surface area (Å²) in [5.74, 6) is -0.238. The number of nitrogens with zero attached hydrogens (tertiary/aromatic N) is 3. The van der Waals surface area contributed by atoms with Crippen molar-refractivity contribution in [2.24, 2.45) is 0 Å². The highest BCUT2D eigenvalue weighted by Gasteiger charge is 2.21. The number of carbonyl (C=O) groups excluding carboxylic acids is 1. The molecule has 0 bridgehead atoms. The number of fused-ring (bicyclic) bond motifs is 1. The fourth-order valence-electron chi connectivity index (χ4n) is 2.23. The van der Waals surface area contributed by atoms with Gasteiger partial charge in [0.1, 0.15) is 12.0 Å². The molecular formula is C15H13N3O3S. The molecule has 0 unspecified atom stereocenters. The fourth-order valence-corrected chi connectivity index (χ4v) is 3.53. The maximum absolute atomic E-state index is 12.7. The smallest absolute Gasteiger partial charge is 0.269 e. The number of carbonyl (C=O) groups is 1. The lowest BCUT2D eigenvalue weighted by Gasteiger charge is -2.07. The monoisotopic (exact) mass is 315 g/mol. The van der Waals surface area contributed by atoms with Crippen molar-refractivity contribution in [3.8, 4) is 0 Å². The van der Waals surface area contributed by atoms with Crippen LogP contribution in [-0.4, -0.2) is 28.1 Å². The van der Waals surface area contributed by atoms with Crippen molar-refractivity contribution in [2.75, 3.05) is 0 Å². The van der Waals surface area contributed by atoms with Crippen LogP contribution in [0.3, 0.4) is 0 Å². The highest BCUT2D eigenvalue weighted by molar-refractivity contribution is 7.90. The second-order valence-corrected chi connectivity index (χ2v) is 6.76. The number of hydrogen-bond donors (Lipinski definition) is 0. The zero-order valence-electron chi connectivity index (χ0n) is 12.0. The Labute approximate surface area is 127 Å². The van der Waals surface area contributed by atoms with Gasteiger partial charge in [0.15, 0.2) is 11.4 Å². The van der Waals surface area contributed by atoms with Crippen molar-refractivity contribution in [1.29, 1.82) is 0 Å². The highest BCUT2D eigenvalue weighted by Crippen LogP contribution is 2.22. The maximum Gasteiger partial charge on any atom is 0.269 e. The number of ketones is 1. The third-order valence-electron chi connectivity index (χ3n) is 3.36. The molecule has 7 heteroatoms. The average Bonchev–Trinajstić information content (AvgIpc) is 2.92. The molecule has 0 saturated heterocycles. The standard InChI is InChI=1S/C15H13N3O3S/c1-10-3-5-12(6-4-10)22(20,21)18-8-7-13-14(11(2)19)16-9-17-15(13)18/h3-9H,1-2H3. The van der Waals surface area contributed by atoms with Crippen LogP contribution < -0.4 is 0 Å². The number of hydrogen-bond acceptors (Lipinski definition) is 5. The molecule has 3 rings (SSSR count). The van der Waals surface area contributed by atoms with Gasteiger partial charge in [-0.15, -0.1) is 0 Å². The van der Waals surface area contributed by atoms with Crippen LogP contribution in [0.1, 0.15) is 23.0 Å². The Morgan fingerprint density at radius 2 is 1.77 bits per heavy atom. The molecule has 0 aliphatic heterocycles. The van der Waals surface area contributed by atoms with E-state index in [0.717, 1.165) is 9.54 Å². The van der Waals surface area contributed by atoms with E-state index in [1.165, 1.54) is 25.5 Å². The molecule has 0 atom stereocenters. The maximum atomic E-state index is 12.7. The summed E-state index contributed by atoms with van der Waals surface area (Å²) < 4.78 is 26.5. The second-order valence-electron chi connectivity index (χ2n) is 4.95. The summed E-state index contributed by atoms with van der Waals surface area (Å²) >= 11 is 0. The van der Waals surface area contributed by atoms with E-state index in [2.05, 4.69) is 9.97 Å². The first-order valence-electron chi connectivity index (χ1n) is 6.56. The van der Waals surface area contributed by atoms with Crippen LogP contribution in [-0.2, 0) is 10.0 Å². The van der Waals surface area contributed by atoms with Gasteiger partial charge in [0.25, 0.3) is 10.0 Å². The Morgan fingerprint density at radius 3 is 2.41 bits per heavy atom. The van der Waals surface area contributed by atoms with Crippen LogP contribution in [0.2, 0.25) is 0 Å². The first kappa shape index (κ1) is 14.4. The Morgan fingerprint density at radius 1 is 1.09 bits per heavy atom. The van der Waals surface area contributed by atoms with E-state index in [1.807, 2.05) is 6.92 Å². The van der Waals surface area contributed by atoms with Gasteiger partial charge in [-0.3, -0.25) is 4.79 Å². The molecule has 0 aliphatic carbocycles. The first-order chi connectivity index (χ1) is 10.4. The van der Waals surface area contributed by atoms with Crippen LogP contribution in [0.25, 0.3) is 11.0 Å². The normalized spacial score (nSPS) is 11.7. The topological polar surface area (TPSA) is 81.9 Å². The largest absolute Gasteiger partial charge is 0.293 e. The lowest BCUT2D eigenvalue weighted by molar-refractivity contribution is 0.101. The van der Waals surface area contributed by atoms with Gasteiger partial charge in [0, 0.05) is 18.5 Å². The van der Waals surface area contributed by atoms with Crippen molar-refractivity contribution in [2.45, 2.75) is 18.7 Å². The Hall–Kier alpha value is -2.54. The zero-order chi connectivity index (χ0) is 15.9. The summed E-state index contributed by atoms with van der Waals surface area (Å²) in [5, 5.41) is 0.422. The lowest BCUT2D eigenvalue weighted by atomic mass is 10.2. The molecule has 6 nitrogen and oxygen atoms in total. The van der Waals surface area contributed by atoms with Gasteiger partial charge in [-0.1, -0.05) is 17.7 Å². The van der Waals surface area contributed by atoms with Crippen molar-refractivity contribution in [1.82, 2.24) is 13.9 Å². The number of benzene rings is 1. The van der Waals surface area contributed by atoms with E-state index >= 15 is 0 Å². The summed E-state index contributed by atoms with van der Waals surface area (Å²) in [6.07, 6.45) is 2.58. The molecule has 0 radical (unpaired) electrons. The summed E-state index contributed by atoms with van der Waals surface area (Å²) in [5.41, 5.74) is 1.38. The second kappa shape index (κ2) is 5.03. The number of aromatic nitrogens is 3. The summed E-state index contributed by atoms with van der Waals surface area (Å²) in [4.78, 5) is 19.7. The molecule has 0 fully saturated rings. The fraction of sp³-hybridized carbons (Fsp3) is 0.133. The van der Waals surface area contributed by atoms with Crippen LogP contribution in [0.5, 0.6) is 0 Å². The number of rotatable bonds is 3. The van der Waals surface area contributed by atoms with E-state index in [0.29, 0.717) is 5.39 Å². The van der Waals surface area contributed by atoms with Gasteiger partial charge in [-0.2, -0.15) is 0 Å². The molecule has 22 heavy (non-hydrogen) atoms. The molecule has 1 aromatic carbocycles. The van der Waals surface area contributed by atoms with Crippen molar-refractivity contribution < 1.29 is 13.2 Å². The zero-order valence-corrected chi connectivity index (χ0v) is 12.8. The highest BCUT2D eigenvalue weighted by atomic mass is 32.2. The molecule has 112 valence electrons. The minimum Gasteiger partial charge on any atom is -0.293 e. The van der Waals surface area contributed by atoms with E-state index in [-0.39, 0.29) is 22.0 Å². The van der Waals surface area contributed by atoms with Crippen molar-refractivity contribution in [3.63, 3.8) is 0 Å². The molecule has 0 spiro atoms. The molecule has 0 N–H and O–H groups in total. The molecule has 2 heterocycles. The van der Waals surface area contributed by atoms with E-state index in [4.69, 9.17) is 0 Å². The summed E-state index contributed by atoms with van der Waals surface area (Å²) in [7, 11) is -3.77. The van der Waals surface area contributed by atoms with E-state index < -0.39 is 10.0 Å². The Kier molecular flexibility index (Phi) is 3.29. The first-order valence-corrected chi connectivity index (χ1v) is 8.00. The molecule has 0 aliphatic rings. The molecule has 0 amide bonds. The van der Waals surface area contributed by atoms with Gasteiger partial charge in [0.05, 0.1) is 4.90 Å². The van der Waals surface area contributed by atoms with E-state index in [1.54, 1.807) is 24.3 Å². The summed E-state index contributed by atoms with van der Waals surface area (Å²) in [6.45, 7) is 3.27.